The Labute approximate surface area is 149 Å². The van der Waals surface area contributed by atoms with E-state index in [4.69, 9.17) is 9.47 Å². The molecule has 0 spiro atoms. The van der Waals surface area contributed by atoms with E-state index >= 15 is 0 Å². The van der Waals surface area contributed by atoms with E-state index in [1.54, 1.807) is 18.2 Å². The molecular formula is C18H18N2O6. The summed E-state index contributed by atoms with van der Waals surface area (Å²) in [6.45, 7) is 0.885. The van der Waals surface area contributed by atoms with Crippen molar-refractivity contribution in [3.05, 3.63) is 52.4 Å². The van der Waals surface area contributed by atoms with Crippen LogP contribution in [0.2, 0.25) is 0 Å². The van der Waals surface area contributed by atoms with E-state index in [1.807, 2.05) is 0 Å². The minimum Gasteiger partial charge on any atom is -0.490 e. The lowest BCUT2D eigenvalue weighted by molar-refractivity contribution is -0.116. The lowest BCUT2D eigenvalue weighted by Gasteiger charge is -2.11. The largest absolute Gasteiger partial charge is 0.490 e. The predicted octanol–water partition coefficient (Wildman–Crippen LogP) is 1.43. The van der Waals surface area contributed by atoms with Crippen molar-refractivity contribution in [3.8, 4) is 11.5 Å². The zero-order valence-corrected chi connectivity index (χ0v) is 14.2. The number of anilines is 1. The van der Waals surface area contributed by atoms with Crippen LogP contribution in [0.25, 0.3) is 0 Å². The summed E-state index contributed by atoms with van der Waals surface area (Å²) in [6, 6.07) is 7.66. The van der Waals surface area contributed by atoms with Gasteiger partial charge in [0.15, 0.2) is 11.5 Å². The topological polar surface area (TPSA) is 95.9 Å². The number of rotatable bonds is 4. The van der Waals surface area contributed by atoms with Crippen molar-refractivity contribution in [2.75, 3.05) is 25.6 Å². The van der Waals surface area contributed by atoms with Crippen molar-refractivity contribution in [2.24, 2.45) is 0 Å². The quantitative estimate of drug-likeness (QED) is 0.831. The lowest BCUT2D eigenvalue weighted by Crippen LogP contribution is -2.27. The first-order valence-electron chi connectivity index (χ1n) is 8.05. The summed E-state index contributed by atoms with van der Waals surface area (Å²) in [5, 5.41) is 2.70. The first kappa shape index (κ1) is 17.5. The highest BCUT2D eigenvalue weighted by Crippen LogP contribution is 2.32. The molecule has 0 atom stereocenters. The number of hydrogen-bond donors (Lipinski definition) is 1. The van der Waals surface area contributed by atoms with E-state index in [0.29, 0.717) is 30.4 Å². The van der Waals surface area contributed by atoms with Gasteiger partial charge in [0.2, 0.25) is 5.91 Å². The van der Waals surface area contributed by atoms with Crippen LogP contribution in [-0.4, -0.2) is 36.8 Å². The molecule has 3 rings (SSSR count). The molecule has 26 heavy (non-hydrogen) atoms. The number of amides is 1. The van der Waals surface area contributed by atoms with Gasteiger partial charge in [0.25, 0.3) is 5.56 Å². The number of benzene rings is 1. The molecule has 0 radical (unpaired) electrons. The van der Waals surface area contributed by atoms with Gasteiger partial charge in [0, 0.05) is 30.4 Å². The SMILES string of the molecule is COC(=O)c1ccc(=O)n(CC(=O)Nc2ccc3c(c2)OCCCO3)c1. The number of esters is 1. The van der Waals surface area contributed by atoms with Crippen LogP contribution >= 0.6 is 0 Å². The van der Waals surface area contributed by atoms with E-state index in [2.05, 4.69) is 10.1 Å². The summed E-state index contributed by atoms with van der Waals surface area (Å²) in [5.74, 6) is 0.193. The number of methoxy groups -OCH3 is 1. The van der Waals surface area contributed by atoms with Gasteiger partial charge in [-0.3, -0.25) is 9.59 Å². The third kappa shape index (κ3) is 4.02. The number of nitrogens with zero attached hydrogens (tertiary/aromatic N) is 1. The monoisotopic (exact) mass is 358 g/mol. The molecule has 2 heterocycles. The predicted molar refractivity (Wildman–Crippen MR) is 92.7 cm³/mol. The van der Waals surface area contributed by atoms with Gasteiger partial charge in [-0.25, -0.2) is 4.79 Å². The molecule has 8 heteroatoms. The Bertz CT molecular complexity index is 889. The molecule has 8 nitrogen and oxygen atoms in total. The third-order valence-corrected chi connectivity index (χ3v) is 3.75. The first-order valence-corrected chi connectivity index (χ1v) is 8.05. The van der Waals surface area contributed by atoms with Crippen molar-refractivity contribution in [3.63, 3.8) is 0 Å². The molecule has 1 aromatic carbocycles. The number of nitrogens with one attached hydrogen (secondary N) is 1. The van der Waals surface area contributed by atoms with Gasteiger partial charge in [-0.15, -0.1) is 0 Å². The van der Waals surface area contributed by atoms with Crippen LogP contribution in [0.15, 0.2) is 41.3 Å². The van der Waals surface area contributed by atoms with Crippen molar-refractivity contribution in [2.45, 2.75) is 13.0 Å². The molecular weight excluding hydrogens is 340 g/mol. The minimum atomic E-state index is -0.581. The van der Waals surface area contributed by atoms with Crippen LogP contribution < -0.4 is 20.3 Å². The van der Waals surface area contributed by atoms with Gasteiger partial charge in [0.05, 0.1) is 25.9 Å². The van der Waals surface area contributed by atoms with Gasteiger partial charge in [-0.1, -0.05) is 0 Å². The van der Waals surface area contributed by atoms with Gasteiger partial charge in [-0.2, -0.15) is 0 Å². The summed E-state index contributed by atoms with van der Waals surface area (Å²) >= 11 is 0. The van der Waals surface area contributed by atoms with Gasteiger partial charge < -0.3 is 24.1 Å². The fourth-order valence-corrected chi connectivity index (χ4v) is 2.49. The van der Waals surface area contributed by atoms with Crippen LogP contribution in [0.3, 0.4) is 0 Å². The van der Waals surface area contributed by atoms with Crippen molar-refractivity contribution >= 4 is 17.6 Å². The number of fused-ring (bicyclic) bond motifs is 1. The summed E-state index contributed by atoms with van der Waals surface area (Å²) in [4.78, 5) is 35.7. The first-order chi connectivity index (χ1) is 12.6. The van der Waals surface area contributed by atoms with Crippen molar-refractivity contribution in [1.29, 1.82) is 0 Å². The Kier molecular flexibility index (Phi) is 5.21. The fraction of sp³-hybridized carbons (Fsp3) is 0.278. The number of ether oxygens (including phenoxy) is 3. The van der Waals surface area contributed by atoms with E-state index in [-0.39, 0.29) is 12.1 Å². The highest BCUT2D eigenvalue weighted by atomic mass is 16.5. The Hall–Kier alpha value is -3.29. The summed E-state index contributed by atoms with van der Waals surface area (Å²) < 4.78 is 16.9. The average molecular weight is 358 g/mol. The fourth-order valence-electron chi connectivity index (χ4n) is 2.49. The molecule has 1 aliphatic heterocycles. The van der Waals surface area contributed by atoms with Crippen LogP contribution in [0.1, 0.15) is 16.8 Å². The van der Waals surface area contributed by atoms with E-state index in [9.17, 15) is 14.4 Å². The van der Waals surface area contributed by atoms with Crippen LogP contribution in [0.4, 0.5) is 5.69 Å². The molecule has 136 valence electrons. The van der Waals surface area contributed by atoms with Crippen LogP contribution in [0, 0.1) is 0 Å². The number of carbonyl (C=O) groups excluding carboxylic acids is 2. The number of pyridine rings is 1. The molecule has 0 saturated heterocycles. The van der Waals surface area contributed by atoms with Crippen LogP contribution in [-0.2, 0) is 16.1 Å². The van der Waals surface area contributed by atoms with E-state index < -0.39 is 17.4 Å². The van der Waals surface area contributed by atoms with E-state index in [1.165, 1.54) is 25.4 Å². The molecule has 1 aliphatic rings. The molecule has 1 aromatic heterocycles. The van der Waals surface area contributed by atoms with Gasteiger partial charge >= 0.3 is 5.97 Å². The molecule has 1 amide bonds. The molecule has 0 bridgehead atoms. The number of hydrogen-bond acceptors (Lipinski definition) is 6. The standard InChI is InChI=1S/C18H18N2O6/c1-24-18(23)12-3-6-17(22)20(10-12)11-16(21)19-13-4-5-14-15(9-13)26-8-2-7-25-14/h3-6,9-10H,2,7-8,11H2,1H3,(H,19,21). The molecule has 0 fully saturated rings. The lowest BCUT2D eigenvalue weighted by atomic mass is 10.2. The van der Waals surface area contributed by atoms with Gasteiger partial charge in [0.1, 0.15) is 6.54 Å². The second kappa shape index (κ2) is 7.73. The Balaban J connectivity index is 1.72. The maximum atomic E-state index is 12.3. The van der Waals surface area contributed by atoms with Crippen LogP contribution in [0.5, 0.6) is 11.5 Å². The Morgan fingerprint density at radius 3 is 2.69 bits per heavy atom. The average Bonchev–Trinajstić information content (AvgIpc) is 2.87. The highest BCUT2D eigenvalue weighted by Gasteiger charge is 2.13. The zero-order chi connectivity index (χ0) is 18.5. The molecule has 2 aromatic rings. The Morgan fingerprint density at radius 1 is 1.15 bits per heavy atom. The smallest absolute Gasteiger partial charge is 0.339 e. The summed E-state index contributed by atoms with van der Waals surface area (Å²) in [7, 11) is 1.24. The normalized spacial score (nSPS) is 12.8. The molecule has 0 unspecified atom stereocenters. The summed E-state index contributed by atoms with van der Waals surface area (Å²) in [5.41, 5.74) is 0.318. The molecule has 0 aliphatic carbocycles. The second-order valence-corrected chi connectivity index (χ2v) is 5.64. The van der Waals surface area contributed by atoms with Gasteiger partial charge in [-0.05, 0) is 18.2 Å². The molecule has 1 N–H and O–H groups in total. The van der Waals surface area contributed by atoms with Crippen molar-refractivity contribution in [1.82, 2.24) is 4.57 Å². The molecule has 0 saturated carbocycles. The second-order valence-electron chi connectivity index (χ2n) is 5.64. The minimum absolute atomic E-state index is 0.190. The van der Waals surface area contributed by atoms with E-state index in [0.717, 1.165) is 11.0 Å². The number of carbonyl (C=O) groups is 2. The van der Waals surface area contributed by atoms with Crippen molar-refractivity contribution < 1.29 is 23.8 Å². The summed E-state index contributed by atoms with van der Waals surface area (Å²) in [6.07, 6.45) is 2.08. The third-order valence-electron chi connectivity index (χ3n) is 3.75. The highest BCUT2D eigenvalue weighted by molar-refractivity contribution is 5.91. The Morgan fingerprint density at radius 2 is 1.92 bits per heavy atom. The maximum absolute atomic E-state index is 12.3. The number of aromatic nitrogens is 1. The maximum Gasteiger partial charge on any atom is 0.339 e. The zero-order valence-electron chi connectivity index (χ0n) is 14.2.